The van der Waals surface area contributed by atoms with E-state index in [1.165, 1.54) is 11.1 Å². The highest BCUT2D eigenvalue weighted by Gasteiger charge is 2.28. The molecule has 1 N–H and O–H groups in total. The van der Waals surface area contributed by atoms with Crippen molar-refractivity contribution in [2.24, 2.45) is 0 Å². The number of nitrogens with one attached hydrogen (secondary N) is 1. The molecule has 0 saturated heterocycles. The first-order valence-electron chi connectivity index (χ1n) is 10.1. The van der Waals surface area contributed by atoms with Gasteiger partial charge < -0.3 is 10.2 Å². The van der Waals surface area contributed by atoms with Crippen LogP contribution in [0.25, 0.3) is 0 Å². The summed E-state index contributed by atoms with van der Waals surface area (Å²) in [5.74, 6) is -0.0694. The molecule has 0 aromatic heterocycles. The second kappa shape index (κ2) is 10.6. The van der Waals surface area contributed by atoms with E-state index in [-0.39, 0.29) is 11.8 Å². The van der Waals surface area contributed by atoms with Crippen LogP contribution in [0.3, 0.4) is 0 Å². The zero-order chi connectivity index (χ0) is 20.5. The van der Waals surface area contributed by atoms with Crippen molar-refractivity contribution in [3.8, 4) is 0 Å². The van der Waals surface area contributed by atoms with Gasteiger partial charge in [-0.1, -0.05) is 66.6 Å². The Morgan fingerprint density at radius 2 is 1.43 bits per heavy atom. The number of hydrogen-bond donors (Lipinski definition) is 1. The quantitative estimate of drug-likeness (QED) is 0.709. The lowest BCUT2D eigenvalue weighted by molar-refractivity contribution is -0.141. The average molecular weight is 381 g/mol. The topological polar surface area (TPSA) is 49.4 Å². The predicted molar refractivity (Wildman–Crippen MR) is 114 cm³/mol. The van der Waals surface area contributed by atoms with Crippen LogP contribution in [-0.4, -0.2) is 29.3 Å². The number of likely N-dealkylation sites (N-methyl/N-ethyl adjacent to an activating group) is 1. The lowest BCUT2D eigenvalue weighted by Gasteiger charge is -2.30. The van der Waals surface area contributed by atoms with Gasteiger partial charge in [0.1, 0.15) is 6.04 Å². The summed E-state index contributed by atoms with van der Waals surface area (Å²) >= 11 is 0. The van der Waals surface area contributed by atoms with Crippen molar-refractivity contribution in [1.82, 2.24) is 10.2 Å². The van der Waals surface area contributed by atoms with Crippen LogP contribution in [0.4, 0.5) is 0 Å². The fourth-order valence-corrected chi connectivity index (χ4v) is 3.25. The maximum Gasteiger partial charge on any atom is 0.242 e. The van der Waals surface area contributed by atoms with E-state index < -0.39 is 6.04 Å². The molecule has 0 spiro atoms. The van der Waals surface area contributed by atoms with Gasteiger partial charge >= 0.3 is 0 Å². The van der Waals surface area contributed by atoms with Crippen molar-refractivity contribution in [2.75, 3.05) is 6.54 Å². The number of carbonyl (C=O) groups is 2. The van der Waals surface area contributed by atoms with Crippen LogP contribution < -0.4 is 5.32 Å². The van der Waals surface area contributed by atoms with Crippen molar-refractivity contribution >= 4 is 11.8 Å². The number of hydrogen-bond acceptors (Lipinski definition) is 2. The minimum atomic E-state index is -0.452. The Labute approximate surface area is 169 Å². The molecule has 1 atom stereocenters. The third-order valence-corrected chi connectivity index (χ3v) is 4.96. The van der Waals surface area contributed by atoms with Gasteiger partial charge in [-0.2, -0.15) is 0 Å². The number of nitrogens with zero attached hydrogens (tertiary/aromatic N) is 1. The van der Waals surface area contributed by atoms with Crippen LogP contribution >= 0.6 is 0 Å². The van der Waals surface area contributed by atoms with E-state index in [9.17, 15) is 9.59 Å². The zero-order valence-corrected chi connectivity index (χ0v) is 17.5. The molecule has 4 heteroatoms. The number of benzene rings is 2. The molecule has 0 heterocycles. The van der Waals surface area contributed by atoms with Crippen molar-refractivity contribution in [1.29, 1.82) is 0 Å². The van der Waals surface area contributed by atoms with Gasteiger partial charge in [0.25, 0.3) is 0 Å². The summed E-state index contributed by atoms with van der Waals surface area (Å²) in [5.41, 5.74) is 4.56. The monoisotopic (exact) mass is 380 g/mol. The van der Waals surface area contributed by atoms with Gasteiger partial charge in [-0.05, 0) is 44.7 Å². The Balaban J connectivity index is 2.16. The average Bonchev–Trinajstić information content (AvgIpc) is 2.69. The van der Waals surface area contributed by atoms with Crippen molar-refractivity contribution in [3.63, 3.8) is 0 Å². The standard InChI is InChI=1S/C24H32N2O2/c1-5-22(24(28)25-6-2)26(17-21-13-9-19(4)10-14-21)23(27)16-15-20-11-7-18(3)8-12-20/h7-14,22H,5-6,15-17H2,1-4H3,(H,25,28). The Morgan fingerprint density at radius 1 is 0.893 bits per heavy atom. The van der Waals surface area contributed by atoms with Gasteiger partial charge in [0.2, 0.25) is 11.8 Å². The van der Waals surface area contributed by atoms with E-state index in [2.05, 4.69) is 36.5 Å². The van der Waals surface area contributed by atoms with Crippen LogP contribution in [0.5, 0.6) is 0 Å². The largest absolute Gasteiger partial charge is 0.355 e. The smallest absolute Gasteiger partial charge is 0.242 e. The SMILES string of the molecule is CCNC(=O)C(CC)N(Cc1ccc(C)cc1)C(=O)CCc1ccc(C)cc1. The predicted octanol–water partition coefficient (Wildman–Crippen LogP) is 4.18. The fourth-order valence-electron chi connectivity index (χ4n) is 3.25. The highest BCUT2D eigenvalue weighted by molar-refractivity contribution is 5.87. The van der Waals surface area contributed by atoms with E-state index in [1.54, 1.807) is 4.90 Å². The number of carbonyl (C=O) groups excluding carboxylic acids is 2. The van der Waals surface area contributed by atoms with Gasteiger partial charge in [-0.3, -0.25) is 9.59 Å². The van der Waals surface area contributed by atoms with E-state index in [1.807, 2.05) is 45.0 Å². The molecule has 0 aliphatic rings. The van der Waals surface area contributed by atoms with Crippen LogP contribution in [0.15, 0.2) is 48.5 Å². The molecule has 2 aromatic rings. The summed E-state index contributed by atoms with van der Waals surface area (Å²) in [5, 5.41) is 2.87. The van der Waals surface area contributed by atoms with Gasteiger partial charge in [-0.15, -0.1) is 0 Å². The minimum absolute atomic E-state index is 0.0132. The molecule has 28 heavy (non-hydrogen) atoms. The Hall–Kier alpha value is -2.62. The summed E-state index contributed by atoms with van der Waals surface area (Å²) < 4.78 is 0. The van der Waals surface area contributed by atoms with E-state index in [0.717, 1.165) is 11.1 Å². The van der Waals surface area contributed by atoms with Crippen LogP contribution in [0.1, 0.15) is 48.9 Å². The first-order chi connectivity index (χ1) is 13.4. The molecule has 2 amide bonds. The second-order valence-electron chi connectivity index (χ2n) is 7.31. The molecule has 2 aromatic carbocycles. The van der Waals surface area contributed by atoms with Crippen molar-refractivity contribution in [3.05, 3.63) is 70.8 Å². The highest BCUT2D eigenvalue weighted by atomic mass is 16.2. The summed E-state index contributed by atoms with van der Waals surface area (Å²) in [6, 6.07) is 15.9. The van der Waals surface area contributed by atoms with Crippen molar-refractivity contribution < 1.29 is 9.59 Å². The lowest BCUT2D eigenvalue weighted by Crippen LogP contribution is -2.49. The summed E-state index contributed by atoms with van der Waals surface area (Å²) in [6.07, 6.45) is 1.66. The molecule has 0 aliphatic heterocycles. The van der Waals surface area contributed by atoms with Gasteiger partial charge in [0.05, 0.1) is 0 Å². The normalized spacial score (nSPS) is 11.7. The molecule has 4 nitrogen and oxygen atoms in total. The van der Waals surface area contributed by atoms with E-state index in [0.29, 0.717) is 32.4 Å². The Morgan fingerprint density at radius 3 is 1.93 bits per heavy atom. The molecule has 150 valence electrons. The Kier molecular flexibility index (Phi) is 8.24. The molecule has 0 aliphatic carbocycles. The van der Waals surface area contributed by atoms with Crippen LogP contribution in [0.2, 0.25) is 0 Å². The molecule has 0 fully saturated rings. The molecular formula is C24H32N2O2. The number of aryl methyl sites for hydroxylation is 3. The van der Waals surface area contributed by atoms with Gasteiger partial charge in [-0.25, -0.2) is 0 Å². The summed E-state index contributed by atoms with van der Waals surface area (Å²) in [7, 11) is 0. The lowest BCUT2D eigenvalue weighted by atomic mass is 10.0. The Bertz CT molecular complexity index is 766. The summed E-state index contributed by atoms with van der Waals surface area (Å²) in [4.78, 5) is 27.4. The minimum Gasteiger partial charge on any atom is -0.355 e. The molecule has 0 bridgehead atoms. The maximum absolute atomic E-state index is 13.1. The number of amides is 2. The van der Waals surface area contributed by atoms with Crippen LogP contribution in [0, 0.1) is 13.8 Å². The van der Waals surface area contributed by atoms with Crippen molar-refractivity contribution in [2.45, 2.75) is 59.5 Å². The first kappa shape index (κ1) is 21.7. The number of rotatable bonds is 9. The second-order valence-corrected chi connectivity index (χ2v) is 7.31. The zero-order valence-electron chi connectivity index (χ0n) is 17.5. The van der Waals surface area contributed by atoms with Gasteiger partial charge in [0, 0.05) is 19.5 Å². The fraction of sp³-hybridized carbons (Fsp3) is 0.417. The van der Waals surface area contributed by atoms with E-state index >= 15 is 0 Å². The first-order valence-corrected chi connectivity index (χ1v) is 10.1. The van der Waals surface area contributed by atoms with E-state index in [4.69, 9.17) is 0 Å². The molecule has 2 rings (SSSR count). The molecule has 1 unspecified atom stereocenters. The summed E-state index contributed by atoms with van der Waals surface area (Å²) in [6.45, 7) is 8.95. The molecule has 0 radical (unpaired) electrons. The third-order valence-electron chi connectivity index (χ3n) is 4.96. The molecular weight excluding hydrogens is 348 g/mol. The maximum atomic E-state index is 13.1. The molecule has 0 saturated carbocycles. The third kappa shape index (κ3) is 6.22. The highest BCUT2D eigenvalue weighted by Crippen LogP contribution is 2.16. The van der Waals surface area contributed by atoms with Gasteiger partial charge in [0.15, 0.2) is 0 Å². The van der Waals surface area contributed by atoms with Crippen LogP contribution in [-0.2, 0) is 22.6 Å².